The average Bonchev–Trinajstić information content (AvgIpc) is 3.66. The standard InChI is InChI=1S/C31H32F6N6O4/c1-3-24-11-25(17-43(24)29(46)47-26-6-4-19(5-7-26)27(44)45)42(28-38-12-20(13-39-28)21-14-40-41(2)16-21)15-18-8-22(30(32,33)34)10-23(9-18)31(35,36)37/h3,8-10,12-14,16,19,24-26H,1,4-7,11,15,17H2,2H3,(H,44,45)/t19?,24-,25+,26?/m1/s1. The molecule has 1 aliphatic heterocycles. The molecule has 2 fully saturated rings. The van der Waals surface area contributed by atoms with E-state index in [0.717, 1.165) is 0 Å². The molecule has 1 aromatic carbocycles. The van der Waals surface area contributed by atoms with Crippen LogP contribution in [0.25, 0.3) is 11.1 Å². The minimum absolute atomic E-state index is 0.0151. The molecule has 1 N–H and O–H groups in total. The predicted octanol–water partition coefficient (Wildman–Crippen LogP) is 6.33. The van der Waals surface area contributed by atoms with Crippen LogP contribution < -0.4 is 4.90 Å². The number of carbonyl (C=O) groups excluding carboxylic acids is 1. The van der Waals surface area contributed by atoms with E-state index in [1.54, 1.807) is 24.1 Å². The second-order valence-electron chi connectivity index (χ2n) is 11.8. The molecule has 1 saturated heterocycles. The Morgan fingerprint density at radius 1 is 1.00 bits per heavy atom. The smallest absolute Gasteiger partial charge is 0.416 e. The summed E-state index contributed by atoms with van der Waals surface area (Å²) in [6, 6.07) is 0.156. The molecule has 0 spiro atoms. The fourth-order valence-electron chi connectivity index (χ4n) is 6.00. The van der Waals surface area contributed by atoms with E-state index in [0.29, 0.717) is 48.9 Å². The Morgan fingerprint density at radius 2 is 1.62 bits per heavy atom. The maximum atomic E-state index is 13.7. The van der Waals surface area contributed by atoms with E-state index in [9.17, 15) is 41.0 Å². The normalized spacial score (nSPS) is 21.8. The number of benzene rings is 1. The molecule has 3 aromatic rings. The molecule has 5 rings (SSSR count). The van der Waals surface area contributed by atoms with Gasteiger partial charge in [0.25, 0.3) is 0 Å². The summed E-state index contributed by atoms with van der Waals surface area (Å²) in [7, 11) is 1.72. The number of hydrogen-bond donors (Lipinski definition) is 1. The molecule has 16 heteroatoms. The van der Waals surface area contributed by atoms with Gasteiger partial charge in [-0.2, -0.15) is 31.4 Å². The predicted molar refractivity (Wildman–Crippen MR) is 156 cm³/mol. The molecule has 47 heavy (non-hydrogen) atoms. The summed E-state index contributed by atoms with van der Waals surface area (Å²) in [6.45, 7) is 3.35. The van der Waals surface area contributed by atoms with Crippen molar-refractivity contribution in [1.82, 2.24) is 24.6 Å². The lowest BCUT2D eigenvalue weighted by atomic mass is 9.87. The van der Waals surface area contributed by atoms with Gasteiger partial charge in [-0.25, -0.2) is 14.8 Å². The zero-order valence-electron chi connectivity index (χ0n) is 25.2. The number of alkyl halides is 6. The first-order valence-corrected chi connectivity index (χ1v) is 14.8. The van der Waals surface area contributed by atoms with Gasteiger partial charge < -0.3 is 14.7 Å². The third-order valence-electron chi connectivity index (χ3n) is 8.49. The van der Waals surface area contributed by atoms with Crippen molar-refractivity contribution in [2.45, 2.75) is 69.2 Å². The van der Waals surface area contributed by atoms with Crippen LogP contribution in [0.2, 0.25) is 0 Å². The summed E-state index contributed by atoms with van der Waals surface area (Å²) in [6.07, 6.45) is -1.80. The summed E-state index contributed by atoms with van der Waals surface area (Å²) >= 11 is 0. The number of aromatic nitrogens is 4. The zero-order chi connectivity index (χ0) is 34.1. The van der Waals surface area contributed by atoms with E-state index in [2.05, 4.69) is 21.6 Å². The third kappa shape index (κ3) is 7.85. The molecular formula is C31H32F6N6O4. The monoisotopic (exact) mass is 666 g/mol. The Kier molecular flexibility index (Phi) is 9.50. The number of carboxylic acid groups (broad SMARTS) is 1. The van der Waals surface area contributed by atoms with Crippen molar-refractivity contribution in [3.05, 3.63) is 72.3 Å². The Hall–Kier alpha value is -4.63. The number of carboxylic acids is 1. The maximum Gasteiger partial charge on any atom is 0.416 e. The SMILES string of the molecule is C=C[C@@H]1C[C@H](N(Cc2cc(C(F)(F)F)cc(C(F)(F)F)c2)c2ncc(-c3cnn(C)c3)cn2)CN1C(=O)OC1CCC(C(=O)O)CC1. The fourth-order valence-corrected chi connectivity index (χ4v) is 6.00. The van der Waals surface area contributed by atoms with Crippen LogP contribution in [0.3, 0.4) is 0 Å². The molecule has 1 saturated carbocycles. The van der Waals surface area contributed by atoms with Crippen LogP contribution in [0.15, 0.2) is 55.6 Å². The number of ether oxygens (including phenoxy) is 1. The molecule has 0 unspecified atom stereocenters. The molecule has 252 valence electrons. The quantitative estimate of drug-likeness (QED) is 0.219. The van der Waals surface area contributed by atoms with Crippen LogP contribution in [-0.2, 0) is 35.5 Å². The maximum absolute atomic E-state index is 13.7. The third-order valence-corrected chi connectivity index (χ3v) is 8.49. The highest BCUT2D eigenvalue weighted by Crippen LogP contribution is 2.38. The summed E-state index contributed by atoms with van der Waals surface area (Å²) in [5.41, 5.74) is -1.91. The summed E-state index contributed by atoms with van der Waals surface area (Å²) in [4.78, 5) is 36.3. The molecule has 0 radical (unpaired) electrons. The number of amides is 1. The Labute approximate surface area is 265 Å². The minimum atomic E-state index is -5.03. The number of aliphatic carboxylic acids is 1. The zero-order valence-corrected chi connectivity index (χ0v) is 25.2. The number of likely N-dealkylation sites (tertiary alicyclic amines) is 1. The van der Waals surface area contributed by atoms with Crippen molar-refractivity contribution < 1.29 is 45.8 Å². The van der Waals surface area contributed by atoms with E-state index in [1.165, 1.54) is 28.3 Å². The molecular weight excluding hydrogens is 634 g/mol. The number of rotatable bonds is 8. The molecule has 2 aromatic heterocycles. The van der Waals surface area contributed by atoms with Gasteiger partial charge >= 0.3 is 24.4 Å². The van der Waals surface area contributed by atoms with Crippen molar-refractivity contribution in [3.63, 3.8) is 0 Å². The average molecular weight is 667 g/mol. The van der Waals surface area contributed by atoms with Gasteiger partial charge in [0.2, 0.25) is 5.95 Å². The molecule has 3 heterocycles. The Balaban J connectivity index is 1.44. The van der Waals surface area contributed by atoms with E-state index in [-0.39, 0.29) is 30.5 Å². The van der Waals surface area contributed by atoms with Gasteiger partial charge in [0.15, 0.2) is 0 Å². The van der Waals surface area contributed by atoms with Crippen molar-refractivity contribution in [1.29, 1.82) is 0 Å². The van der Waals surface area contributed by atoms with Crippen LogP contribution >= 0.6 is 0 Å². The highest BCUT2D eigenvalue weighted by Gasteiger charge is 2.41. The first kappa shape index (κ1) is 33.7. The van der Waals surface area contributed by atoms with Gasteiger partial charge in [0.05, 0.1) is 35.3 Å². The first-order chi connectivity index (χ1) is 22.1. The van der Waals surface area contributed by atoms with Crippen LogP contribution in [0, 0.1) is 5.92 Å². The van der Waals surface area contributed by atoms with E-state index in [4.69, 9.17) is 4.74 Å². The second-order valence-corrected chi connectivity index (χ2v) is 11.8. The number of hydrogen-bond acceptors (Lipinski definition) is 7. The van der Waals surface area contributed by atoms with Gasteiger partial charge in [-0.1, -0.05) is 6.08 Å². The van der Waals surface area contributed by atoms with Gasteiger partial charge in [0.1, 0.15) is 6.10 Å². The van der Waals surface area contributed by atoms with Gasteiger partial charge in [-0.3, -0.25) is 14.4 Å². The topological polar surface area (TPSA) is 114 Å². The van der Waals surface area contributed by atoms with Gasteiger partial charge in [0, 0.05) is 49.9 Å². The largest absolute Gasteiger partial charge is 0.481 e. The van der Waals surface area contributed by atoms with Crippen LogP contribution in [0.4, 0.5) is 37.1 Å². The lowest BCUT2D eigenvalue weighted by Crippen LogP contribution is -2.41. The molecule has 2 atom stereocenters. The molecule has 1 aliphatic carbocycles. The van der Waals surface area contributed by atoms with Gasteiger partial charge in [-0.05, 0) is 55.9 Å². The highest BCUT2D eigenvalue weighted by atomic mass is 19.4. The van der Waals surface area contributed by atoms with Gasteiger partial charge in [-0.15, -0.1) is 6.58 Å². The lowest BCUT2D eigenvalue weighted by molar-refractivity contribution is -0.144. The number of nitrogens with zero attached hydrogens (tertiary/aromatic N) is 6. The van der Waals surface area contributed by atoms with Crippen LogP contribution in [0.5, 0.6) is 0 Å². The van der Waals surface area contributed by atoms with E-state index in [1.807, 2.05) is 0 Å². The molecule has 10 nitrogen and oxygen atoms in total. The van der Waals surface area contributed by atoms with Crippen molar-refractivity contribution in [2.24, 2.45) is 13.0 Å². The minimum Gasteiger partial charge on any atom is -0.481 e. The summed E-state index contributed by atoms with van der Waals surface area (Å²) < 4.78 is 89.4. The summed E-state index contributed by atoms with van der Waals surface area (Å²) in [5.74, 6) is -1.38. The highest BCUT2D eigenvalue weighted by molar-refractivity contribution is 5.71. The number of anilines is 1. The number of aryl methyl sites for hydroxylation is 1. The Bertz CT molecular complexity index is 1570. The van der Waals surface area contributed by atoms with E-state index >= 15 is 0 Å². The molecule has 0 bridgehead atoms. The Morgan fingerprint density at radius 3 is 2.13 bits per heavy atom. The molecule has 2 aliphatic rings. The van der Waals surface area contributed by atoms with E-state index < -0.39 is 66.2 Å². The van der Waals surface area contributed by atoms with Crippen LogP contribution in [-0.4, -0.2) is 66.5 Å². The van der Waals surface area contributed by atoms with Crippen molar-refractivity contribution in [3.8, 4) is 11.1 Å². The lowest BCUT2D eigenvalue weighted by Gasteiger charge is -2.31. The fraction of sp³-hybridized carbons (Fsp3) is 0.452. The van der Waals surface area contributed by atoms with Crippen molar-refractivity contribution in [2.75, 3.05) is 11.4 Å². The summed E-state index contributed by atoms with van der Waals surface area (Å²) in [5, 5.41) is 13.4. The van der Waals surface area contributed by atoms with Crippen molar-refractivity contribution >= 4 is 18.0 Å². The number of halogens is 6. The van der Waals surface area contributed by atoms with Crippen LogP contribution in [0.1, 0.15) is 48.8 Å². The number of carbonyl (C=O) groups is 2. The molecule has 1 amide bonds. The second kappa shape index (κ2) is 13.2. The first-order valence-electron chi connectivity index (χ1n) is 14.8.